The zero-order chi connectivity index (χ0) is 20.4. The Morgan fingerprint density at radius 1 is 1.31 bits per heavy atom. The van der Waals surface area contributed by atoms with Crippen molar-refractivity contribution in [3.8, 4) is 0 Å². The molecule has 1 unspecified atom stereocenters. The maximum atomic E-state index is 13.2. The Morgan fingerprint density at radius 2 is 2.17 bits per heavy atom. The van der Waals surface area contributed by atoms with Gasteiger partial charge in [-0.15, -0.1) is 10.2 Å². The molecule has 29 heavy (non-hydrogen) atoms. The molecule has 2 aliphatic heterocycles. The van der Waals surface area contributed by atoms with Crippen molar-refractivity contribution in [1.29, 1.82) is 0 Å². The van der Waals surface area contributed by atoms with Gasteiger partial charge in [-0.3, -0.25) is 14.6 Å². The molecule has 2 amide bonds. The molecule has 4 rings (SSSR count). The molecule has 9 heteroatoms. The summed E-state index contributed by atoms with van der Waals surface area (Å²) in [5.41, 5.74) is 1.27. The van der Waals surface area contributed by atoms with Gasteiger partial charge in [0.15, 0.2) is 0 Å². The van der Waals surface area contributed by atoms with Gasteiger partial charge in [-0.1, -0.05) is 0 Å². The number of hydrogen-bond donors (Lipinski definition) is 1. The molecular formula is C20H27N7O2. The first kappa shape index (κ1) is 19.4. The van der Waals surface area contributed by atoms with Gasteiger partial charge in [-0.25, -0.2) is 0 Å². The lowest BCUT2D eigenvalue weighted by Crippen LogP contribution is -2.47. The SMILES string of the molecule is CC(C)n1cnnc1C1CCCN(C(=O)c2cc(N3CCNC(=O)C3)ccn2)C1. The molecule has 0 aliphatic carbocycles. The predicted octanol–water partition coefficient (Wildman–Crippen LogP) is 1.21. The zero-order valence-corrected chi connectivity index (χ0v) is 16.9. The molecule has 0 radical (unpaired) electrons. The van der Waals surface area contributed by atoms with Crippen LogP contribution in [-0.2, 0) is 4.79 Å². The van der Waals surface area contributed by atoms with Crippen LogP contribution in [0.15, 0.2) is 24.7 Å². The van der Waals surface area contributed by atoms with E-state index in [1.54, 1.807) is 18.6 Å². The number of hydrogen-bond acceptors (Lipinski definition) is 6. The monoisotopic (exact) mass is 397 g/mol. The minimum Gasteiger partial charge on any atom is -0.360 e. The van der Waals surface area contributed by atoms with Crippen molar-refractivity contribution in [3.63, 3.8) is 0 Å². The molecule has 2 aromatic heterocycles. The standard InChI is InChI=1S/C20H27N7O2/c1-14(2)27-13-23-24-19(27)15-4-3-8-26(11-15)20(29)17-10-16(5-6-21-17)25-9-7-22-18(28)12-25/h5-6,10,13-15H,3-4,7-9,11-12H2,1-2H3,(H,22,28). The molecule has 9 nitrogen and oxygen atoms in total. The second-order valence-corrected chi connectivity index (χ2v) is 7.95. The van der Waals surface area contributed by atoms with Crippen LogP contribution in [0.3, 0.4) is 0 Å². The number of pyridine rings is 1. The summed E-state index contributed by atoms with van der Waals surface area (Å²) in [5, 5.41) is 11.2. The molecule has 2 saturated heterocycles. The average Bonchev–Trinajstić information content (AvgIpc) is 3.24. The second kappa shape index (κ2) is 8.18. The van der Waals surface area contributed by atoms with Crippen molar-refractivity contribution in [2.75, 3.05) is 37.6 Å². The van der Waals surface area contributed by atoms with Gasteiger partial charge in [0.25, 0.3) is 5.91 Å². The predicted molar refractivity (Wildman–Crippen MR) is 108 cm³/mol. The van der Waals surface area contributed by atoms with Gasteiger partial charge in [-0.05, 0) is 38.8 Å². The Morgan fingerprint density at radius 3 is 2.97 bits per heavy atom. The van der Waals surface area contributed by atoms with Crippen LogP contribution in [0.2, 0.25) is 0 Å². The van der Waals surface area contributed by atoms with Crippen LogP contribution < -0.4 is 10.2 Å². The number of carbonyl (C=O) groups is 2. The van der Waals surface area contributed by atoms with E-state index in [4.69, 9.17) is 0 Å². The fourth-order valence-corrected chi connectivity index (χ4v) is 4.07. The lowest BCUT2D eigenvalue weighted by Gasteiger charge is -2.33. The second-order valence-electron chi connectivity index (χ2n) is 7.95. The Bertz CT molecular complexity index is 894. The molecular weight excluding hydrogens is 370 g/mol. The molecule has 0 spiro atoms. The Labute approximate surface area is 170 Å². The van der Waals surface area contributed by atoms with E-state index in [1.807, 2.05) is 15.9 Å². The quantitative estimate of drug-likeness (QED) is 0.833. The first-order valence-corrected chi connectivity index (χ1v) is 10.2. The van der Waals surface area contributed by atoms with E-state index in [0.29, 0.717) is 31.9 Å². The number of amides is 2. The number of carbonyl (C=O) groups excluding carboxylic acids is 2. The normalized spacial score (nSPS) is 20.1. The molecule has 154 valence electrons. The van der Waals surface area contributed by atoms with Gasteiger partial charge in [0.05, 0.1) is 6.54 Å². The van der Waals surface area contributed by atoms with Crippen LogP contribution in [0.5, 0.6) is 0 Å². The van der Waals surface area contributed by atoms with Gasteiger partial charge in [0.2, 0.25) is 5.91 Å². The fraction of sp³-hybridized carbons (Fsp3) is 0.550. The van der Waals surface area contributed by atoms with Crippen molar-refractivity contribution in [3.05, 3.63) is 36.2 Å². The van der Waals surface area contributed by atoms with Crippen molar-refractivity contribution in [2.45, 2.75) is 38.6 Å². The third-order valence-corrected chi connectivity index (χ3v) is 5.60. The van der Waals surface area contributed by atoms with Gasteiger partial charge in [-0.2, -0.15) is 0 Å². The van der Waals surface area contributed by atoms with E-state index in [1.165, 1.54) is 0 Å². The van der Waals surface area contributed by atoms with Gasteiger partial charge in [0.1, 0.15) is 17.8 Å². The third kappa shape index (κ3) is 4.08. The first-order chi connectivity index (χ1) is 14.0. The number of nitrogens with one attached hydrogen (secondary N) is 1. The van der Waals surface area contributed by atoms with E-state index in [-0.39, 0.29) is 23.8 Å². The lowest BCUT2D eigenvalue weighted by atomic mass is 9.96. The summed E-state index contributed by atoms with van der Waals surface area (Å²) in [6.07, 6.45) is 5.32. The van der Waals surface area contributed by atoms with Crippen LogP contribution in [0.1, 0.15) is 55.0 Å². The summed E-state index contributed by atoms with van der Waals surface area (Å²) in [7, 11) is 0. The number of anilines is 1. The van der Waals surface area contributed by atoms with Crippen LogP contribution in [0.25, 0.3) is 0 Å². The van der Waals surface area contributed by atoms with Crippen LogP contribution in [0.4, 0.5) is 5.69 Å². The number of nitrogens with zero attached hydrogens (tertiary/aromatic N) is 6. The van der Waals surface area contributed by atoms with E-state index < -0.39 is 0 Å². The summed E-state index contributed by atoms with van der Waals surface area (Å²) in [5.74, 6) is 1.04. The Hall–Kier alpha value is -2.97. The van der Waals surface area contributed by atoms with Crippen molar-refractivity contribution in [1.82, 2.24) is 30.0 Å². The van der Waals surface area contributed by atoms with E-state index in [0.717, 1.165) is 30.9 Å². The average molecular weight is 397 g/mol. The Kier molecular flexibility index (Phi) is 5.46. The molecule has 0 bridgehead atoms. The van der Waals surface area contributed by atoms with E-state index in [9.17, 15) is 9.59 Å². The molecule has 4 heterocycles. The summed E-state index contributed by atoms with van der Waals surface area (Å²) in [6.45, 7) is 7.16. The van der Waals surface area contributed by atoms with E-state index >= 15 is 0 Å². The largest absolute Gasteiger partial charge is 0.360 e. The zero-order valence-electron chi connectivity index (χ0n) is 16.9. The molecule has 2 fully saturated rings. The molecule has 2 aromatic rings. The molecule has 0 aromatic carbocycles. The minimum absolute atomic E-state index is 0.00549. The highest BCUT2D eigenvalue weighted by Gasteiger charge is 2.29. The Balaban J connectivity index is 1.50. The summed E-state index contributed by atoms with van der Waals surface area (Å²) in [6, 6.07) is 3.92. The number of rotatable bonds is 4. The fourth-order valence-electron chi connectivity index (χ4n) is 4.07. The molecule has 0 saturated carbocycles. The smallest absolute Gasteiger partial charge is 0.272 e. The molecule has 1 atom stereocenters. The molecule has 2 aliphatic rings. The van der Waals surface area contributed by atoms with Gasteiger partial charge >= 0.3 is 0 Å². The summed E-state index contributed by atoms with van der Waals surface area (Å²) in [4.78, 5) is 33.0. The minimum atomic E-state index is -0.0753. The summed E-state index contributed by atoms with van der Waals surface area (Å²) < 4.78 is 2.08. The topological polar surface area (TPSA) is 96.3 Å². The van der Waals surface area contributed by atoms with Crippen LogP contribution in [0, 0.1) is 0 Å². The molecule has 1 N–H and O–H groups in total. The van der Waals surface area contributed by atoms with Gasteiger partial charge < -0.3 is 19.7 Å². The number of piperidine rings is 1. The van der Waals surface area contributed by atoms with Gasteiger partial charge in [0, 0.05) is 50.0 Å². The highest BCUT2D eigenvalue weighted by molar-refractivity contribution is 5.93. The van der Waals surface area contributed by atoms with Crippen LogP contribution >= 0.6 is 0 Å². The lowest BCUT2D eigenvalue weighted by molar-refractivity contribution is -0.120. The van der Waals surface area contributed by atoms with Crippen molar-refractivity contribution >= 4 is 17.5 Å². The third-order valence-electron chi connectivity index (χ3n) is 5.60. The van der Waals surface area contributed by atoms with Crippen molar-refractivity contribution < 1.29 is 9.59 Å². The number of piperazine rings is 1. The van der Waals surface area contributed by atoms with Crippen LogP contribution in [-0.4, -0.2) is 69.2 Å². The number of likely N-dealkylation sites (tertiary alicyclic amines) is 1. The maximum Gasteiger partial charge on any atom is 0.272 e. The number of aromatic nitrogens is 4. The van der Waals surface area contributed by atoms with E-state index in [2.05, 4.69) is 38.9 Å². The summed E-state index contributed by atoms with van der Waals surface area (Å²) >= 11 is 0. The highest BCUT2D eigenvalue weighted by Crippen LogP contribution is 2.28. The highest BCUT2D eigenvalue weighted by atomic mass is 16.2. The van der Waals surface area contributed by atoms with Crippen molar-refractivity contribution in [2.24, 2.45) is 0 Å². The maximum absolute atomic E-state index is 13.2. The first-order valence-electron chi connectivity index (χ1n) is 10.2.